The summed E-state index contributed by atoms with van der Waals surface area (Å²) in [7, 11) is 0. The lowest BCUT2D eigenvalue weighted by Crippen LogP contribution is -2.13. The highest BCUT2D eigenvalue weighted by Crippen LogP contribution is 2.37. The van der Waals surface area contributed by atoms with E-state index in [1.165, 1.54) is 0 Å². The lowest BCUT2D eigenvalue weighted by atomic mass is 10.1. The van der Waals surface area contributed by atoms with Crippen LogP contribution in [0.4, 0.5) is 0 Å². The summed E-state index contributed by atoms with van der Waals surface area (Å²) in [5.74, 6) is 1.74. The highest BCUT2D eigenvalue weighted by molar-refractivity contribution is 9.11. The van der Waals surface area contributed by atoms with Gasteiger partial charge in [-0.05, 0) is 69.1 Å². The number of furan rings is 1. The van der Waals surface area contributed by atoms with Gasteiger partial charge in [0.2, 0.25) is 0 Å². The van der Waals surface area contributed by atoms with E-state index in [1.54, 1.807) is 12.1 Å². The first kappa shape index (κ1) is 19.9. The average molecular weight is 553 g/mol. The van der Waals surface area contributed by atoms with E-state index < -0.39 is 0 Å². The van der Waals surface area contributed by atoms with Crippen molar-refractivity contribution in [2.75, 3.05) is 5.33 Å². The lowest BCUT2D eigenvalue weighted by Gasteiger charge is -2.06. The van der Waals surface area contributed by atoms with Gasteiger partial charge in [0, 0.05) is 22.7 Å². The van der Waals surface area contributed by atoms with Gasteiger partial charge in [0.05, 0.1) is 32.2 Å². The summed E-state index contributed by atoms with van der Waals surface area (Å²) < 4.78 is 12.8. The summed E-state index contributed by atoms with van der Waals surface area (Å²) in [6.45, 7) is 1.89. The number of alkyl halides is 1. The Morgan fingerprint density at radius 2 is 1.70 bits per heavy atom. The number of nitrogens with zero attached hydrogens (tertiary/aromatic N) is 2. The van der Waals surface area contributed by atoms with E-state index in [1.807, 2.05) is 25.1 Å². The van der Waals surface area contributed by atoms with Crippen molar-refractivity contribution in [3.8, 4) is 17.9 Å². The largest absolute Gasteiger partial charge is 0.488 e. The number of fused-ring (bicyclic) bond motifs is 2. The van der Waals surface area contributed by atoms with Crippen LogP contribution < -0.4 is 4.74 Å². The first-order valence-corrected chi connectivity index (χ1v) is 10.7. The van der Waals surface area contributed by atoms with Gasteiger partial charge in [0.1, 0.15) is 23.2 Å². The Labute approximate surface area is 182 Å². The zero-order chi connectivity index (χ0) is 19.6. The molecule has 4 rings (SSSR count). The van der Waals surface area contributed by atoms with Gasteiger partial charge in [-0.2, -0.15) is 10.5 Å². The van der Waals surface area contributed by atoms with Crippen molar-refractivity contribution in [2.24, 2.45) is 0 Å². The number of halogens is 3. The number of rotatable bonds is 1. The van der Waals surface area contributed by atoms with Crippen molar-refractivity contribution in [1.82, 2.24) is 0 Å². The Kier molecular flexibility index (Phi) is 6.26. The lowest BCUT2D eigenvalue weighted by molar-refractivity contribution is 0.259. The number of aryl methyl sites for hydroxylation is 1. The number of nitriles is 2. The van der Waals surface area contributed by atoms with Crippen molar-refractivity contribution in [1.29, 1.82) is 10.5 Å². The van der Waals surface area contributed by atoms with E-state index in [-0.39, 0.29) is 6.10 Å². The van der Waals surface area contributed by atoms with Gasteiger partial charge in [0.25, 0.3) is 0 Å². The maximum absolute atomic E-state index is 8.80. The first-order chi connectivity index (χ1) is 12.9. The van der Waals surface area contributed by atoms with E-state index in [4.69, 9.17) is 19.7 Å². The standard InChI is InChI=1S/C10H7Br2NO.C10H6BrNO/c11-4-8-3-7-1-6(5-13)2-9(12)10(7)14-8;1-6-2-8-3-7(5-12)4-9(11)10(8)13-6/h1-2,8H,3-4H2;2-4H,1H3. The van der Waals surface area contributed by atoms with Crippen LogP contribution in [0.5, 0.6) is 5.75 Å². The molecule has 1 aliphatic heterocycles. The van der Waals surface area contributed by atoms with Crippen LogP contribution in [0.2, 0.25) is 0 Å². The fourth-order valence-corrected chi connectivity index (χ4v) is 4.35. The maximum atomic E-state index is 8.80. The molecular weight excluding hydrogens is 540 g/mol. The van der Waals surface area contributed by atoms with Gasteiger partial charge in [-0.25, -0.2) is 0 Å². The second-order valence-electron chi connectivity index (χ2n) is 6.00. The molecule has 0 saturated carbocycles. The molecule has 2 heterocycles. The second-order valence-corrected chi connectivity index (χ2v) is 8.36. The SMILES string of the molecule is Cc1cc2cc(C#N)cc(Br)c2o1.N#Cc1cc(Br)c2c(c1)CC(CBr)O2. The molecule has 0 spiro atoms. The molecule has 0 bridgehead atoms. The van der Waals surface area contributed by atoms with Crippen molar-refractivity contribution in [3.63, 3.8) is 0 Å². The summed E-state index contributed by atoms with van der Waals surface area (Å²) in [6.07, 6.45) is 1.06. The van der Waals surface area contributed by atoms with Gasteiger partial charge in [-0.1, -0.05) is 15.9 Å². The molecule has 0 saturated heterocycles. The normalized spacial score (nSPS) is 14.5. The average Bonchev–Trinajstić information content (AvgIpc) is 3.25. The maximum Gasteiger partial charge on any atom is 0.148 e. The van der Waals surface area contributed by atoms with Crippen LogP contribution >= 0.6 is 47.8 Å². The molecule has 0 fully saturated rings. The van der Waals surface area contributed by atoms with Crippen molar-refractivity contribution < 1.29 is 9.15 Å². The molecule has 27 heavy (non-hydrogen) atoms. The van der Waals surface area contributed by atoms with Crippen LogP contribution in [0.25, 0.3) is 11.0 Å². The van der Waals surface area contributed by atoms with Crippen molar-refractivity contribution in [2.45, 2.75) is 19.4 Å². The Morgan fingerprint density at radius 1 is 1.04 bits per heavy atom. The Bertz CT molecular complexity index is 1090. The fraction of sp³-hybridized carbons (Fsp3) is 0.200. The third-order valence-electron chi connectivity index (χ3n) is 3.98. The Hall–Kier alpha value is -1.80. The summed E-state index contributed by atoms with van der Waals surface area (Å²) in [4.78, 5) is 0. The van der Waals surface area contributed by atoms with Gasteiger partial charge in [-0.15, -0.1) is 0 Å². The molecule has 1 aromatic heterocycles. The molecule has 0 aliphatic carbocycles. The molecule has 1 aliphatic rings. The Morgan fingerprint density at radius 3 is 2.37 bits per heavy atom. The molecule has 2 aromatic carbocycles. The summed E-state index contributed by atoms with van der Waals surface area (Å²) >= 11 is 10.2. The molecule has 3 aromatic rings. The number of hydrogen-bond donors (Lipinski definition) is 0. The molecule has 4 nitrogen and oxygen atoms in total. The van der Waals surface area contributed by atoms with E-state index >= 15 is 0 Å². The third kappa shape index (κ3) is 4.38. The third-order valence-corrected chi connectivity index (χ3v) is 5.88. The van der Waals surface area contributed by atoms with Gasteiger partial charge in [-0.3, -0.25) is 0 Å². The molecule has 7 heteroatoms. The van der Waals surface area contributed by atoms with Gasteiger partial charge >= 0.3 is 0 Å². The minimum Gasteiger partial charge on any atom is -0.488 e. The predicted octanol–water partition coefficient (Wildman–Crippen LogP) is 6.39. The first-order valence-electron chi connectivity index (χ1n) is 8.00. The summed E-state index contributed by atoms with van der Waals surface area (Å²) in [6, 6.07) is 13.4. The van der Waals surface area contributed by atoms with Crippen LogP contribution in [0.15, 0.2) is 43.7 Å². The van der Waals surface area contributed by atoms with Crippen LogP contribution in [-0.4, -0.2) is 11.4 Å². The topological polar surface area (TPSA) is 70.0 Å². The minimum atomic E-state index is 0.190. The van der Waals surface area contributed by atoms with Crippen LogP contribution in [0.1, 0.15) is 22.5 Å². The van der Waals surface area contributed by atoms with Gasteiger partial charge in [0.15, 0.2) is 0 Å². The van der Waals surface area contributed by atoms with E-state index in [9.17, 15) is 0 Å². The molecule has 1 atom stereocenters. The predicted molar refractivity (Wildman–Crippen MR) is 114 cm³/mol. The van der Waals surface area contributed by atoms with E-state index in [0.29, 0.717) is 11.1 Å². The van der Waals surface area contributed by atoms with Crippen molar-refractivity contribution >= 4 is 58.8 Å². The molecular formula is C20H13Br3N2O2. The smallest absolute Gasteiger partial charge is 0.148 e. The molecule has 0 amide bonds. The Balaban J connectivity index is 0.000000156. The fourth-order valence-electron chi connectivity index (χ4n) is 2.84. The van der Waals surface area contributed by atoms with Gasteiger partial charge < -0.3 is 9.15 Å². The molecule has 136 valence electrons. The highest BCUT2D eigenvalue weighted by atomic mass is 79.9. The highest BCUT2D eigenvalue weighted by Gasteiger charge is 2.24. The van der Waals surface area contributed by atoms with Crippen molar-refractivity contribution in [3.05, 3.63) is 61.7 Å². The molecule has 0 N–H and O–H groups in total. The van der Waals surface area contributed by atoms with E-state index in [2.05, 4.69) is 59.9 Å². The summed E-state index contributed by atoms with van der Waals surface area (Å²) in [5, 5.41) is 19.3. The molecule has 0 radical (unpaired) electrons. The zero-order valence-electron chi connectivity index (χ0n) is 14.2. The number of hydrogen-bond acceptors (Lipinski definition) is 4. The molecule has 1 unspecified atom stereocenters. The van der Waals surface area contributed by atoms with E-state index in [0.717, 1.165) is 48.7 Å². The monoisotopic (exact) mass is 550 g/mol. The number of ether oxygens (including phenoxy) is 1. The second kappa shape index (κ2) is 8.48. The zero-order valence-corrected chi connectivity index (χ0v) is 19.0. The van der Waals surface area contributed by atoms with Crippen LogP contribution in [0, 0.1) is 29.6 Å². The minimum absolute atomic E-state index is 0.190. The summed E-state index contributed by atoms with van der Waals surface area (Å²) in [5.41, 5.74) is 3.23. The van der Waals surface area contributed by atoms with Crippen LogP contribution in [0.3, 0.4) is 0 Å². The van der Waals surface area contributed by atoms with Crippen LogP contribution in [-0.2, 0) is 6.42 Å². The quantitative estimate of drug-likeness (QED) is 0.328. The number of benzene rings is 2.